The standard InChI is InChI=1S/C25H29N5O2/c1-25(2,3)32-24(31)29-14-8-11-20(17-29)27-23-28-21-12-6-7-13-22(21)30(23)16-19-10-5-4-9-18(19)15-26/h4-7,9-10,12-13,20H,8,11,14,16-17H2,1-3H3,(H,27,28). The normalized spacial score (nSPS) is 16.6. The number of piperidine rings is 1. The molecule has 1 N–H and O–H groups in total. The number of nitrogens with zero attached hydrogens (tertiary/aromatic N) is 4. The highest BCUT2D eigenvalue weighted by Gasteiger charge is 2.28. The number of likely N-dealkylation sites (tertiary alicyclic amines) is 1. The number of benzene rings is 2. The smallest absolute Gasteiger partial charge is 0.410 e. The fourth-order valence-electron chi connectivity index (χ4n) is 4.05. The Morgan fingerprint density at radius 3 is 2.75 bits per heavy atom. The van der Waals surface area contributed by atoms with Gasteiger partial charge in [-0.2, -0.15) is 5.26 Å². The van der Waals surface area contributed by atoms with Gasteiger partial charge in [0.1, 0.15) is 5.60 Å². The van der Waals surface area contributed by atoms with Crippen molar-refractivity contribution in [2.24, 2.45) is 0 Å². The number of carbonyl (C=O) groups excluding carboxylic acids is 1. The predicted molar refractivity (Wildman–Crippen MR) is 124 cm³/mol. The van der Waals surface area contributed by atoms with Gasteiger partial charge in [-0.3, -0.25) is 0 Å². The zero-order valence-electron chi connectivity index (χ0n) is 18.8. The third-order valence-corrected chi connectivity index (χ3v) is 5.53. The Balaban J connectivity index is 1.59. The Kier molecular flexibility index (Phi) is 6.04. The van der Waals surface area contributed by atoms with Crippen molar-refractivity contribution < 1.29 is 9.53 Å². The third kappa shape index (κ3) is 4.86. The number of rotatable bonds is 4. The monoisotopic (exact) mass is 431 g/mol. The molecular weight excluding hydrogens is 402 g/mol. The lowest BCUT2D eigenvalue weighted by atomic mass is 10.1. The topological polar surface area (TPSA) is 83.2 Å². The van der Waals surface area contributed by atoms with Crippen molar-refractivity contribution in [1.29, 1.82) is 5.26 Å². The number of anilines is 1. The van der Waals surface area contributed by atoms with Crippen molar-refractivity contribution in [3.8, 4) is 6.07 Å². The maximum absolute atomic E-state index is 12.6. The second-order valence-corrected chi connectivity index (χ2v) is 9.19. The van der Waals surface area contributed by atoms with Crippen LogP contribution < -0.4 is 5.32 Å². The van der Waals surface area contributed by atoms with Crippen LogP contribution in [0, 0.1) is 11.3 Å². The minimum atomic E-state index is -0.514. The molecule has 0 spiro atoms. The van der Waals surface area contributed by atoms with Crippen molar-refractivity contribution in [2.75, 3.05) is 18.4 Å². The Morgan fingerprint density at radius 2 is 1.97 bits per heavy atom. The molecular formula is C25H29N5O2. The van der Waals surface area contributed by atoms with Gasteiger partial charge in [-0.05, 0) is 57.4 Å². The number of fused-ring (bicyclic) bond motifs is 1. The lowest BCUT2D eigenvalue weighted by Gasteiger charge is -2.34. The van der Waals surface area contributed by atoms with Gasteiger partial charge in [0.05, 0.1) is 29.2 Å². The van der Waals surface area contributed by atoms with E-state index in [-0.39, 0.29) is 12.1 Å². The number of hydrogen-bond donors (Lipinski definition) is 1. The first-order valence-corrected chi connectivity index (χ1v) is 11.0. The van der Waals surface area contributed by atoms with Crippen LogP contribution in [0.2, 0.25) is 0 Å². The molecule has 1 aliphatic heterocycles. The number of carbonyl (C=O) groups is 1. The summed E-state index contributed by atoms with van der Waals surface area (Å²) in [5, 5.41) is 13.1. The largest absolute Gasteiger partial charge is 0.444 e. The molecule has 1 fully saturated rings. The van der Waals surface area contributed by atoms with E-state index >= 15 is 0 Å². The van der Waals surface area contributed by atoms with Crippen LogP contribution in [0.5, 0.6) is 0 Å². The fraction of sp³-hybridized carbons (Fsp3) is 0.400. The SMILES string of the molecule is CC(C)(C)OC(=O)N1CCCC(Nc2nc3ccccc3n2Cc2ccccc2C#N)C1. The number of nitrogens with one attached hydrogen (secondary N) is 1. The quantitative estimate of drug-likeness (QED) is 0.643. The summed E-state index contributed by atoms with van der Waals surface area (Å²) in [6.45, 7) is 7.44. The van der Waals surface area contributed by atoms with Crippen molar-refractivity contribution in [1.82, 2.24) is 14.5 Å². The summed E-state index contributed by atoms with van der Waals surface area (Å²) in [4.78, 5) is 19.1. The molecule has 0 aliphatic carbocycles. The molecule has 7 heteroatoms. The number of para-hydroxylation sites is 2. The molecule has 0 saturated carbocycles. The summed E-state index contributed by atoms with van der Waals surface area (Å²) in [5.74, 6) is 0.745. The number of hydrogen-bond acceptors (Lipinski definition) is 5. The minimum Gasteiger partial charge on any atom is -0.444 e. The van der Waals surface area contributed by atoms with Crippen LogP contribution in [-0.2, 0) is 11.3 Å². The van der Waals surface area contributed by atoms with Gasteiger partial charge in [0.25, 0.3) is 0 Å². The molecule has 1 amide bonds. The zero-order valence-corrected chi connectivity index (χ0v) is 18.8. The maximum Gasteiger partial charge on any atom is 0.410 e. The molecule has 1 atom stereocenters. The van der Waals surface area contributed by atoms with Gasteiger partial charge in [-0.15, -0.1) is 0 Å². The molecule has 3 aromatic rings. The highest BCUT2D eigenvalue weighted by molar-refractivity contribution is 5.79. The van der Waals surface area contributed by atoms with E-state index in [4.69, 9.17) is 9.72 Å². The van der Waals surface area contributed by atoms with Crippen LogP contribution in [0.4, 0.5) is 10.7 Å². The molecule has 1 aliphatic rings. The lowest BCUT2D eigenvalue weighted by Crippen LogP contribution is -2.47. The highest BCUT2D eigenvalue weighted by atomic mass is 16.6. The average Bonchev–Trinajstić information content (AvgIpc) is 3.10. The summed E-state index contributed by atoms with van der Waals surface area (Å²) in [6.07, 6.45) is 1.56. The van der Waals surface area contributed by atoms with Crippen molar-refractivity contribution in [3.05, 3.63) is 59.7 Å². The summed E-state index contributed by atoms with van der Waals surface area (Å²) < 4.78 is 7.67. The Labute approximate surface area is 188 Å². The van der Waals surface area contributed by atoms with Gasteiger partial charge >= 0.3 is 6.09 Å². The van der Waals surface area contributed by atoms with Crippen molar-refractivity contribution in [2.45, 2.75) is 51.8 Å². The predicted octanol–water partition coefficient (Wildman–Crippen LogP) is 4.77. The van der Waals surface area contributed by atoms with E-state index in [1.54, 1.807) is 4.90 Å². The van der Waals surface area contributed by atoms with Gasteiger partial charge in [0.15, 0.2) is 0 Å². The van der Waals surface area contributed by atoms with Crippen LogP contribution >= 0.6 is 0 Å². The van der Waals surface area contributed by atoms with E-state index in [2.05, 4.69) is 16.0 Å². The molecule has 32 heavy (non-hydrogen) atoms. The number of amides is 1. The molecule has 4 rings (SSSR count). The number of nitriles is 1. The van der Waals surface area contributed by atoms with Crippen LogP contribution in [0.3, 0.4) is 0 Å². The van der Waals surface area contributed by atoms with Gasteiger partial charge in [0.2, 0.25) is 5.95 Å². The molecule has 0 radical (unpaired) electrons. The van der Waals surface area contributed by atoms with Gasteiger partial charge in [0, 0.05) is 19.1 Å². The molecule has 1 saturated heterocycles. The highest BCUT2D eigenvalue weighted by Crippen LogP contribution is 2.25. The second kappa shape index (κ2) is 8.91. The van der Waals surface area contributed by atoms with Crippen LogP contribution in [0.1, 0.15) is 44.7 Å². The third-order valence-electron chi connectivity index (χ3n) is 5.53. The first-order valence-electron chi connectivity index (χ1n) is 11.0. The van der Waals surface area contributed by atoms with Crippen LogP contribution in [0.15, 0.2) is 48.5 Å². The minimum absolute atomic E-state index is 0.0676. The molecule has 166 valence electrons. The van der Waals surface area contributed by atoms with E-state index in [0.717, 1.165) is 35.4 Å². The first kappa shape index (κ1) is 21.7. The van der Waals surface area contributed by atoms with E-state index in [1.165, 1.54) is 0 Å². The second-order valence-electron chi connectivity index (χ2n) is 9.19. The summed E-state index contributed by atoms with van der Waals surface area (Å²) >= 11 is 0. The van der Waals surface area contributed by atoms with Crippen LogP contribution in [0.25, 0.3) is 11.0 Å². The van der Waals surface area contributed by atoms with E-state index in [0.29, 0.717) is 25.2 Å². The Morgan fingerprint density at radius 1 is 1.22 bits per heavy atom. The molecule has 7 nitrogen and oxygen atoms in total. The molecule has 2 heterocycles. The maximum atomic E-state index is 12.6. The van der Waals surface area contributed by atoms with E-state index in [1.807, 2.05) is 69.3 Å². The summed E-state index contributed by atoms with van der Waals surface area (Å²) in [6, 6.07) is 18.0. The van der Waals surface area contributed by atoms with Gasteiger partial charge < -0.3 is 19.5 Å². The molecule has 2 aromatic carbocycles. The molecule has 1 aromatic heterocycles. The zero-order chi connectivity index (χ0) is 22.7. The number of imidazole rings is 1. The Bertz CT molecular complexity index is 1160. The summed E-state index contributed by atoms with van der Waals surface area (Å²) in [5.41, 5.74) is 2.98. The van der Waals surface area contributed by atoms with Gasteiger partial charge in [-0.1, -0.05) is 30.3 Å². The first-order chi connectivity index (χ1) is 15.3. The lowest BCUT2D eigenvalue weighted by molar-refractivity contribution is 0.0206. The van der Waals surface area contributed by atoms with E-state index < -0.39 is 5.60 Å². The van der Waals surface area contributed by atoms with Crippen LogP contribution in [-0.4, -0.2) is 45.3 Å². The van der Waals surface area contributed by atoms with E-state index in [9.17, 15) is 10.1 Å². The fourth-order valence-corrected chi connectivity index (χ4v) is 4.05. The number of aromatic nitrogens is 2. The average molecular weight is 432 g/mol. The Hall–Kier alpha value is -3.53. The van der Waals surface area contributed by atoms with Gasteiger partial charge in [-0.25, -0.2) is 9.78 Å². The molecule has 1 unspecified atom stereocenters. The van der Waals surface area contributed by atoms with Crippen molar-refractivity contribution >= 4 is 23.1 Å². The molecule has 0 bridgehead atoms. The van der Waals surface area contributed by atoms with Crippen molar-refractivity contribution in [3.63, 3.8) is 0 Å². The summed E-state index contributed by atoms with van der Waals surface area (Å²) in [7, 11) is 0. The number of ether oxygens (including phenoxy) is 1.